The summed E-state index contributed by atoms with van der Waals surface area (Å²) in [6.07, 6.45) is 0.420. The Balaban J connectivity index is 3.54. The van der Waals surface area contributed by atoms with Crippen LogP contribution in [0.4, 0.5) is 0 Å². The van der Waals surface area contributed by atoms with Gasteiger partial charge in [-0.2, -0.15) is 5.26 Å². The summed E-state index contributed by atoms with van der Waals surface area (Å²) in [5, 5.41) is 19.0. The lowest BCUT2D eigenvalue weighted by Gasteiger charge is -2.05. The zero-order valence-corrected chi connectivity index (χ0v) is 7.69. The van der Waals surface area contributed by atoms with E-state index in [9.17, 15) is 9.59 Å². The number of rotatable bonds is 6. The summed E-state index contributed by atoms with van der Waals surface area (Å²) in [5.74, 6) is -1.40. The van der Waals surface area contributed by atoms with Crippen molar-refractivity contribution in [1.29, 1.82) is 5.26 Å². The highest BCUT2D eigenvalue weighted by Gasteiger charge is 2.12. The smallest absolute Gasteiger partial charge is 0.320 e. The van der Waals surface area contributed by atoms with Gasteiger partial charge in [0.05, 0.1) is 12.5 Å². The van der Waals surface area contributed by atoms with E-state index in [2.05, 4.69) is 5.32 Å². The SMILES string of the molecule is N#CCCNC(=O)CC[C@@H](N)C(=O)O. The van der Waals surface area contributed by atoms with Crippen molar-refractivity contribution in [2.24, 2.45) is 5.73 Å². The first-order chi connectivity index (χ1) is 6.57. The highest BCUT2D eigenvalue weighted by Crippen LogP contribution is 1.94. The summed E-state index contributed by atoms with van der Waals surface area (Å²) in [5.41, 5.74) is 5.19. The molecule has 0 fully saturated rings. The van der Waals surface area contributed by atoms with E-state index in [0.717, 1.165) is 0 Å². The van der Waals surface area contributed by atoms with Crippen LogP contribution in [0.3, 0.4) is 0 Å². The second kappa shape index (κ2) is 6.86. The molecule has 0 spiro atoms. The number of carboxylic acid groups (broad SMARTS) is 1. The zero-order chi connectivity index (χ0) is 11.0. The van der Waals surface area contributed by atoms with Crippen LogP contribution in [0.2, 0.25) is 0 Å². The fourth-order valence-corrected chi connectivity index (χ4v) is 0.756. The molecule has 0 radical (unpaired) electrons. The minimum atomic E-state index is -1.12. The first-order valence-electron chi connectivity index (χ1n) is 4.20. The molecule has 0 saturated carbocycles. The molecule has 14 heavy (non-hydrogen) atoms. The van der Waals surface area contributed by atoms with Crippen LogP contribution >= 0.6 is 0 Å². The predicted molar refractivity (Wildman–Crippen MR) is 48.1 cm³/mol. The second-order valence-electron chi connectivity index (χ2n) is 2.74. The fourth-order valence-electron chi connectivity index (χ4n) is 0.756. The number of nitriles is 1. The number of carbonyl (C=O) groups is 2. The highest BCUT2D eigenvalue weighted by atomic mass is 16.4. The lowest BCUT2D eigenvalue weighted by Crippen LogP contribution is -2.32. The van der Waals surface area contributed by atoms with Gasteiger partial charge in [-0.1, -0.05) is 0 Å². The number of hydrogen-bond acceptors (Lipinski definition) is 4. The number of amides is 1. The summed E-state index contributed by atoms with van der Waals surface area (Å²) in [6, 6.07) is 0.870. The van der Waals surface area contributed by atoms with Crippen LogP contribution in [0.5, 0.6) is 0 Å². The van der Waals surface area contributed by atoms with E-state index >= 15 is 0 Å². The molecule has 0 rings (SSSR count). The van der Waals surface area contributed by atoms with E-state index in [1.165, 1.54) is 0 Å². The molecule has 0 bridgehead atoms. The number of aliphatic carboxylic acids is 1. The quantitative estimate of drug-likeness (QED) is 0.484. The topological polar surface area (TPSA) is 116 Å². The van der Waals surface area contributed by atoms with Crippen molar-refractivity contribution in [3.63, 3.8) is 0 Å². The summed E-state index contributed by atoms with van der Waals surface area (Å²) in [7, 11) is 0. The van der Waals surface area contributed by atoms with Crippen LogP contribution < -0.4 is 11.1 Å². The Labute approximate surface area is 81.7 Å². The van der Waals surface area contributed by atoms with Gasteiger partial charge in [-0.05, 0) is 6.42 Å². The van der Waals surface area contributed by atoms with Crippen molar-refractivity contribution in [3.05, 3.63) is 0 Å². The molecule has 0 aliphatic rings. The normalized spacial score (nSPS) is 11.4. The lowest BCUT2D eigenvalue weighted by atomic mass is 10.1. The lowest BCUT2D eigenvalue weighted by molar-refractivity contribution is -0.138. The first-order valence-corrected chi connectivity index (χ1v) is 4.20. The number of nitrogens with zero attached hydrogens (tertiary/aromatic N) is 1. The summed E-state index contributed by atoms with van der Waals surface area (Å²) < 4.78 is 0. The van der Waals surface area contributed by atoms with Crippen molar-refractivity contribution in [2.45, 2.75) is 25.3 Å². The molecule has 0 unspecified atom stereocenters. The van der Waals surface area contributed by atoms with E-state index in [-0.39, 0.29) is 31.7 Å². The minimum Gasteiger partial charge on any atom is -0.480 e. The number of hydrogen-bond donors (Lipinski definition) is 3. The molecule has 0 aromatic rings. The molecule has 0 aromatic heterocycles. The monoisotopic (exact) mass is 199 g/mol. The number of carboxylic acids is 1. The molecule has 0 aliphatic heterocycles. The van der Waals surface area contributed by atoms with Crippen molar-refractivity contribution in [1.82, 2.24) is 5.32 Å². The van der Waals surface area contributed by atoms with Crippen LogP contribution in [0.1, 0.15) is 19.3 Å². The maximum Gasteiger partial charge on any atom is 0.320 e. The summed E-state index contributed by atoms with van der Waals surface area (Å²) in [6.45, 7) is 0.289. The third-order valence-electron chi connectivity index (χ3n) is 1.56. The van der Waals surface area contributed by atoms with Crippen LogP contribution in [-0.4, -0.2) is 29.6 Å². The van der Waals surface area contributed by atoms with Crippen molar-refractivity contribution in [3.8, 4) is 6.07 Å². The second-order valence-corrected chi connectivity index (χ2v) is 2.74. The molecule has 78 valence electrons. The van der Waals surface area contributed by atoms with Crippen LogP contribution in [0, 0.1) is 11.3 Å². The van der Waals surface area contributed by atoms with Gasteiger partial charge >= 0.3 is 5.97 Å². The van der Waals surface area contributed by atoms with Crippen LogP contribution in [-0.2, 0) is 9.59 Å². The first kappa shape index (κ1) is 12.4. The van der Waals surface area contributed by atoms with Gasteiger partial charge in [0.15, 0.2) is 0 Å². The summed E-state index contributed by atoms with van der Waals surface area (Å²) >= 11 is 0. The molecule has 1 atom stereocenters. The van der Waals surface area contributed by atoms with E-state index in [4.69, 9.17) is 16.1 Å². The van der Waals surface area contributed by atoms with Crippen LogP contribution in [0.25, 0.3) is 0 Å². The molecule has 4 N–H and O–H groups in total. The van der Waals surface area contributed by atoms with Gasteiger partial charge in [0.2, 0.25) is 5.91 Å². The average molecular weight is 199 g/mol. The van der Waals surface area contributed by atoms with Gasteiger partial charge in [0.1, 0.15) is 6.04 Å². The maximum absolute atomic E-state index is 11.0. The Kier molecular flexibility index (Phi) is 6.07. The van der Waals surface area contributed by atoms with Crippen LogP contribution in [0.15, 0.2) is 0 Å². The van der Waals surface area contributed by atoms with Gasteiger partial charge in [-0.15, -0.1) is 0 Å². The van der Waals surface area contributed by atoms with Gasteiger partial charge in [0, 0.05) is 13.0 Å². The molecule has 0 aromatic carbocycles. The Morgan fingerprint density at radius 2 is 2.21 bits per heavy atom. The van der Waals surface area contributed by atoms with Crippen molar-refractivity contribution in [2.75, 3.05) is 6.54 Å². The zero-order valence-electron chi connectivity index (χ0n) is 7.69. The molecule has 0 aliphatic carbocycles. The fraction of sp³-hybridized carbons (Fsp3) is 0.625. The standard InChI is InChI=1S/C8H13N3O3/c9-4-1-5-11-7(12)3-2-6(10)8(13)14/h6H,1-3,5,10H2,(H,11,12)(H,13,14)/t6-/m1/s1. The summed E-state index contributed by atoms with van der Waals surface area (Å²) in [4.78, 5) is 21.2. The van der Waals surface area contributed by atoms with Gasteiger partial charge in [-0.3, -0.25) is 9.59 Å². The van der Waals surface area contributed by atoms with Gasteiger partial charge in [-0.25, -0.2) is 0 Å². The minimum absolute atomic E-state index is 0.0683. The third-order valence-corrected chi connectivity index (χ3v) is 1.56. The Hall–Kier alpha value is -1.61. The molecule has 6 heteroatoms. The van der Waals surface area contributed by atoms with Crippen molar-refractivity contribution >= 4 is 11.9 Å². The van der Waals surface area contributed by atoms with Crippen molar-refractivity contribution < 1.29 is 14.7 Å². The molecule has 0 heterocycles. The molecular weight excluding hydrogens is 186 g/mol. The molecule has 0 saturated heterocycles. The average Bonchev–Trinajstić information content (AvgIpc) is 2.14. The van der Waals surface area contributed by atoms with Gasteiger partial charge < -0.3 is 16.2 Å². The number of carbonyl (C=O) groups excluding carboxylic acids is 1. The van der Waals surface area contributed by atoms with E-state index in [1.54, 1.807) is 0 Å². The van der Waals surface area contributed by atoms with E-state index < -0.39 is 12.0 Å². The molecule has 6 nitrogen and oxygen atoms in total. The number of nitrogens with one attached hydrogen (secondary N) is 1. The maximum atomic E-state index is 11.0. The third kappa shape index (κ3) is 5.97. The molecule has 1 amide bonds. The Bertz CT molecular complexity index is 247. The Morgan fingerprint density at radius 1 is 1.57 bits per heavy atom. The molecular formula is C8H13N3O3. The van der Waals surface area contributed by atoms with E-state index in [1.807, 2.05) is 6.07 Å². The Morgan fingerprint density at radius 3 is 2.71 bits per heavy atom. The predicted octanol–water partition coefficient (Wildman–Crippen LogP) is -0.792. The van der Waals surface area contributed by atoms with E-state index in [0.29, 0.717) is 0 Å². The number of nitrogens with two attached hydrogens (primary N) is 1. The highest BCUT2D eigenvalue weighted by molar-refractivity contribution is 5.78. The largest absolute Gasteiger partial charge is 0.480 e. The van der Waals surface area contributed by atoms with Gasteiger partial charge in [0.25, 0.3) is 0 Å².